The number of aromatic amines is 1. The van der Waals surface area contributed by atoms with Gasteiger partial charge in [0.1, 0.15) is 5.65 Å². The first-order valence-electron chi connectivity index (χ1n) is 9.24. The van der Waals surface area contributed by atoms with Crippen LogP contribution in [-0.4, -0.2) is 55.6 Å². The Labute approximate surface area is 161 Å². The lowest BCUT2D eigenvalue weighted by Crippen LogP contribution is -2.43. The van der Waals surface area contributed by atoms with Crippen molar-refractivity contribution < 1.29 is 4.79 Å². The Morgan fingerprint density at radius 3 is 3.11 bits per heavy atom. The van der Waals surface area contributed by atoms with Gasteiger partial charge in [-0.2, -0.15) is 15.2 Å². The lowest BCUT2D eigenvalue weighted by Gasteiger charge is -2.30. The number of fused-ring (bicyclic) bond motifs is 2. The van der Waals surface area contributed by atoms with Crippen molar-refractivity contribution in [2.75, 3.05) is 18.9 Å². The highest BCUT2D eigenvalue weighted by Crippen LogP contribution is 2.29. The number of likely N-dealkylation sites (N-methyl/N-ethyl adjacent to an activating group) is 1. The molecule has 4 heterocycles. The number of nitrogens with one attached hydrogen (secondary N) is 2. The molecule has 28 heavy (non-hydrogen) atoms. The number of hydrogen-bond donors (Lipinski definition) is 2. The van der Waals surface area contributed by atoms with Crippen LogP contribution < -0.4 is 5.32 Å². The number of anilines is 1. The molecule has 1 amide bonds. The zero-order valence-corrected chi connectivity index (χ0v) is 15.4. The third kappa shape index (κ3) is 2.92. The second-order valence-electron chi connectivity index (χ2n) is 7.12. The van der Waals surface area contributed by atoms with Crippen LogP contribution in [0.2, 0.25) is 0 Å². The number of H-pyrrole nitrogens is 1. The smallest absolute Gasteiger partial charge is 0.224 e. The van der Waals surface area contributed by atoms with E-state index in [2.05, 4.69) is 36.5 Å². The largest absolute Gasteiger partial charge is 0.350 e. The number of likely N-dealkylation sites (tertiary alicyclic amines) is 1. The molecule has 1 atom stereocenters. The molecular formula is C20H19N7O. The molecule has 0 radical (unpaired) electrons. The summed E-state index contributed by atoms with van der Waals surface area (Å²) in [5.41, 5.74) is 3.76. The number of rotatable bonds is 3. The molecule has 140 valence electrons. The molecule has 0 unspecified atom stereocenters. The van der Waals surface area contributed by atoms with Crippen LogP contribution in [0.1, 0.15) is 12.8 Å². The topological polar surface area (TPSA) is 99.7 Å². The van der Waals surface area contributed by atoms with Crippen molar-refractivity contribution in [3.05, 3.63) is 42.9 Å². The first-order valence-corrected chi connectivity index (χ1v) is 9.24. The Kier molecular flexibility index (Phi) is 3.89. The number of aromatic nitrogens is 5. The van der Waals surface area contributed by atoms with Crippen molar-refractivity contribution >= 4 is 33.8 Å². The molecule has 1 fully saturated rings. The van der Waals surface area contributed by atoms with Gasteiger partial charge in [0.2, 0.25) is 11.9 Å². The average molecular weight is 373 g/mol. The van der Waals surface area contributed by atoms with E-state index < -0.39 is 0 Å². The van der Waals surface area contributed by atoms with E-state index in [0.717, 1.165) is 39.5 Å². The van der Waals surface area contributed by atoms with Crippen LogP contribution in [0.3, 0.4) is 0 Å². The monoisotopic (exact) mass is 373 g/mol. The Balaban J connectivity index is 1.43. The van der Waals surface area contributed by atoms with E-state index in [-0.39, 0.29) is 11.9 Å². The summed E-state index contributed by atoms with van der Waals surface area (Å²) in [6.07, 6.45) is 6.82. The summed E-state index contributed by atoms with van der Waals surface area (Å²) in [6, 6.07) is 8.20. The fraction of sp³-hybridized carbons (Fsp3) is 0.250. The van der Waals surface area contributed by atoms with Crippen molar-refractivity contribution in [3.8, 4) is 11.1 Å². The summed E-state index contributed by atoms with van der Waals surface area (Å²) < 4.78 is 0. The van der Waals surface area contributed by atoms with Crippen molar-refractivity contribution in [2.24, 2.45) is 0 Å². The van der Waals surface area contributed by atoms with Gasteiger partial charge in [0, 0.05) is 54.8 Å². The number of benzene rings is 1. The molecule has 0 saturated carbocycles. The minimum absolute atomic E-state index is 0.163. The number of carbonyl (C=O) groups is 1. The number of amides is 1. The van der Waals surface area contributed by atoms with E-state index in [9.17, 15) is 4.79 Å². The Bertz CT molecular complexity index is 1190. The summed E-state index contributed by atoms with van der Waals surface area (Å²) >= 11 is 0. The number of hydrogen-bond acceptors (Lipinski definition) is 6. The van der Waals surface area contributed by atoms with Gasteiger partial charge in [0.25, 0.3) is 0 Å². The van der Waals surface area contributed by atoms with Gasteiger partial charge in [0.05, 0.1) is 11.7 Å². The fourth-order valence-corrected chi connectivity index (χ4v) is 3.68. The maximum Gasteiger partial charge on any atom is 0.224 e. The fourth-order valence-electron chi connectivity index (χ4n) is 3.68. The SMILES string of the molecule is CN1C[C@@H](Nc2ncc3c(-c4ccc5nnccc5c4)c[nH]c3n2)CCC1=O. The summed E-state index contributed by atoms with van der Waals surface area (Å²) in [7, 11) is 1.83. The third-order valence-electron chi connectivity index (χ3n) is 5.22. The van der Waals surface area contributed by atoms with Crippen molar-refractivity contribution in [3.63, 3.8) is 0 Å². The van der Waals surface area contributed by atoms with Crippen LogP contribution in [0.5, 0.6) is 0 Å². The molecule has 5 rings (SSSR count). The van der Waals surface area contributed by atoms with Gasteiger partial charge < -0.3 is 15.2 Å². The molecule has 4 aromatic rings. The van der Waals surface area contributed by atoms with Gasteiger partial charge in [-0.15, -0.1) is 0 Å². The predicted molar refractivity (Wildman–Crippen MR) is 107 cm³/mol. The van der Waals surface area contributed by atoms with Crippen molar-refractivity contribution in [1.29, 1.82) is 0 Å². The van der Waals surface area contributed by atoms with Gasteiger partial charge in [-0.3, -0.25) is 4.79 Å². The third-order valence-corrected chi connectivity index (χ3v) is 5.22. The molecule has 1 saturated heterocycles. The minimum Gasteiger partial charge on any atom is -0.350 e. The highest BCUT2D eigenvalue weighted by atomic mass is 16.2. The average Bonchev–Trinajstić information content (AvgIpc) is 3.14. The van der Waals surface area contributed by atoms with E-state index in [0.29, 0.717) is 18.9 Å². The lowest BCUT2D eigenvalue weighted by molar-refractivity contribution is -0.132. The molecule has 1 aliphatic rings. The summed E-state index contributed by atoms with van der Waals surface area (Å²) in [5, 5.41) is 13.4. The zero-order chi connectivity index (χ0) is 19.1. The van der Waals surface area contributed by atoms with E-state index in [1.165, 1.54) is 0 Å². The number of nitrogens with zero attached hydrogens (tertiary/aromatic N) is 5. The van der Waals surface area contributed by atoms with Crippen molar-refractivity contribution in [2.45, 2.75) is 18.9 Å². The quantitative estimate of drug-likeness (QED) is 0.573. The van der Waals surface area contributed by atoms with Crippen molar-refractivity contribution in [1.82, 2.24) is 30.0 Å². The Morgan fingerprint density at radius 2 is 2.21 bits per heavy atom. The van der Waals surface area contributed by atoms with E-state index in [1.807, 2.05) is 37.6 Å². The molecule has 8 nitrogen and oxygen atoms in total. The molecule has 3 aromatic heterocycles. The van der Waals surface area contributed by atoms with Gasteiger partial charge in [-0.05, 0) is 30.2 Å². The van der Waals surface area contributed by atoms with Gasteiger partial charge in [0.15, 0.2) is 0 Å². The van der Waals surface area contributed by atoms with Crippen LogP contribution in [0.15, 0.2) is 42.9 Å². The molecule has 1 aromatic carbocycles. The van der Waals surface area contributed by atoms with E-state index >= 15 is 0 Å². The van der Waals surface area contributed by atoms with Crippen LogP contribution in [0.4, 0.5) is 5.95 Å². The van der Waals surface area contributed by atoms with Crippen LogP contribution >= 0.6 is 0 Å². The zero-order valence-electron chi connectivity index (χ0n) is 15.4. The van der Waals surface area contributed by atoms with Crippen LogP contribution in [0.25, 0.3) is 33.1 Å². The Hall–Kier alpha value is -3.55. The highest BCUT2D eigenvalue weighted by molar-refractivity contribution is 5.96. The number of piperidine rings is 1. The highest BCUT2D eigenvalue weighted by Gasteiger charge is 2.23. The second kappa shape index (κ2) is 6.56. The van der Waals surface area contributed by atoms with Gasteiger partial charge in [-0.25, -0.2) is 4.98 Å². The molecule has 2 N–H and O–H groups in total. The molecule has 0 bridgehead atoms. The Morgan fingerprint density at radius 1 is 1.29 bits per heavy atom. The molecule has 1 aliphatic heterocycles. The summed E-state index contributed by atoms with van der Waals surface area (Å²) in [4.78, 5) is 25.7. The summed E-state index contributed by atoms with van der Waals surface area (Å²) in [5.74, 6) is 0.757. The lowest BCUT2D eigenvalue weighted by atomic mass is 10.0. The van der Waals surface area contributed by atoms with E-state index in [4.69, 9.17) is 0 Å². The minimum atomic E-state index is 0.163. The summed E-state index contributed by atoms with van der Waals surface area (Å²) in [6.45, 7) is 0.663. The van der Waals surface area contributed by atoms with Gasteiger partial charge >= 0.3 is 0 Å². The molecule has 8 heteroatoms. The molecular weight excluding hydrogens is 354 g/mol. The second-order valence-corrected chi connectivity index (χ2v) is 7.12. The van der Waals surface area contributed by atoms with Crippen LogP contribution in [0, 0.1) is 0 Å². The maximum absolute atomic E-state index is 11.6. The molecule has 0 aliphatic carbocycles. The molecule has 0 spiro atoms. The van der Waals surface area contributed by atoms with Crippen LogP contribution in [-0.2, 0) is 4.79 Å². The van der Waals surface area contributed by atoms with E-state index in [1.54, 1.807) is 11.1 Å². The normalized spacial score (nSPS) is 17.4. The first-order chi connectivity index (χ1) is 13.7. The van der Waals surface area contributed by atoms with Gasteiger partial charge in [-0.1, -0.05) is 6.07 Å². The first kappa shape index (κ1) is 16.6. The standard InChI is InChI=1S/C20H19N7O/c1-27-11-14(3-5-18(27)28)24-20-22-10-16-15(9-21-19(16)25-20)12-2-4-17-13(8-12)6-7-23-26-17/h2,4,6-10,14H,3,5,11H2,1H3,(H2,21,22,24,25)/t14-/m0/s1. The number of carbonyl (C=O) groups excluding carboxylic acids is 1. The maximum atomic E-state index is 11.6. The predicted octanol–water partition coefficient (Wildman–Crippen LogP) is 2.60.